The van der Waals surface area contributed by atoms with E-state index in [2.05, 4.69) is 4.74 Å². The summed E-state index contributed by atoms with van der Waals surface area (Å²) in [6.45, 7) is 3.53. The molecule has 0 N–H and O–H groups in total. The van der Waals surface area contributed by atoms with E-state index >= 15 is 0 Å². The maximum absolute atomic E-state index is 13.7. The third-order valence-corrected chi connectivity index (χ3v) is 7.35. The summed E-state index contributed by atoms with van der Waals surface area (Å²) in [5.41, 5.74) is 0. The molecule has 0 aliphatic carbocycles. The fraction of sp³-hybridized carbons (Fsp3) is 0.929. The van der Waals surface area contributed by atoms with Gasteiger partial charge in [0.2, 0.25) is 0 Å². The van der Waals surface area contributed by atoms with E-state index in [1.165, 1.54) is 6.92 Å². The van der Waals surface area contributed by atoms with E-state index in [1.807, 2.05) is 0 Å². The van der Waals surface area contributed by atoms with Crippen molar-refractivity contribution in [3.63, 3.8) is 0 Å². The van der Waals surface area contributed by atoms with Crippen molar-refractivity contribution in [2.75, 3.05) is 6.61 Å². The summed E-state index contributed by atoms with van der Waals surface area (Å²) >= 11 is -2.05. The van der Waals surface area contributed by atoms with Crippen LogP contribution in [0.5, 0.6) is 0 Å². The molecule has 0 aromatic rings. The van der Waals surface area contributed by atoms with Crippen LogP contribution in [0, 0.1) is 0 Å². The van der Waals surface area contributed by atoms with Gasteiger partial charge in [0.15, 0.2) is 0 Å². The molecule has 0 aliphatic rings. The third-order valence-electron chi connectivity index (χ3n) is 3.64. The Hall–Kier alpha value is -0.650. The molecule has 0 saturated heterocycles. The van der Waals surface area contributed by atoms with Gasteiger partial charge in [-0.05, 0) is 0 Å². The van der Waals surface area contributed by atoms with Gasteiger partial charge in [-0.25, -0.2) is 0 Å². The standard InChI is InChI=1S/C14H15F13O2Te/c1-4-29-7(28)8(2,3)30-6-5-9(15,16)10(17,18)11(19,20)12(21,22)13(23,24)14(25,26)27/h4-6H2,1-3H3. The molecular weight excluding hydrogens is 575 g/mol. The van der Waals surface area contributed by atoms with Crippen LogP contribution in [0.25, 0.3) is 0 Å². The second kappa shape index (κ2) is 8.71. The second-order valence-corrected chi connectivity index (χ2v) is 11.2. The van der Waals surface area contributed by atoms with Crippen LogP contribution in [0.15, 0.2) is 0 Å². The van der Waals surface area contributed by atoms with Crippen molar-refractivity contribution in [2.24, 2.45) is 0 Å². The zero-order valence-corrected chi connectivity index (χ0v) is 17.6. The van der Waals surface area contributed by atoms with Crippen molar-refractivity contribution >= 4 is 26.9 Å². The Morgan fingerprint density at radius 3 is 1.50 bits per heavy atom. The first-order chi connectivity index (χ1) is 12.9. The van der Waals surface area contributed by atoms with Crippen molar-refractivity contribution in [3.05, 3.63) is 0 Å². The van der Waals surface area contributed by atoms with Gasteiger partial charge in [-0.1, -0.05) is 0 Å². The molecule has 0 atom stereocenters. The van der Waals surface area contributed by atoms with Gasteiger partial charge < -0.3 is 0 Å². The number of rotatable bonds is 10. The molecule has 180 valence electrons. The molecule has 2 nitrogen and oxygen atoms in total. The number of ether oxygens (including phenoxy) is 1. The Balaban J connectivity index is 5.74. The number of halogens is 13. The van der Waals surface area contributed by atoms with Crippen molar-refractivity contribution in [1.82, 2.24) is 0 Å². The zero-order valence-electron chi connectivity index (χ0n) is 15.3. The summed E-state index contributed by atoms with van der Waals surface area (Å²) in [6.07, 6.45) is -9.70. The van der Waals surface area contributed by atoms with Crippen LogP contribution in [0.1, 0.15) is 27.2 Å². The fourth-order valence-corrected chi connectivity index (χ4v) is 4.74. The van der Waals surface area contributed by atoms with Crippen LogP contribution in [0.4, 0.5) is 57.1 Å². The molecule has 0 heterocycles. The Bertz CT molecular complexity index is 613. The Labute approximate surface area is 171 Å². The topological polar surface area (TPSA) is 26.3 Å². The van der Waals surface area contributed by atoms with Gasteiger partial charge in [0.1, 0.15) is 0 Å². The minimum absolute atomic E-state index is 0.141. The first-order valence-electron chi connectivity index (χ1n) is 7.71. The van der Waals surface area contributed by atoms with Crippen LogP contribution in [0.2, 0.25) is 7.93 Å². The molecule has 16 heteroatoms. The molecule has 0 rings (SSSR count). The van der Waals surface area contributed by atoms with Gasteiger partial charge in [0.05, 0.1) is 0 Å². The summed E-state index contributed by atoms with van der Waals surface area (Å²) in [6, 6.07) is 0. The van der Waals surface area contributed by atoms with E-state index < -0.39 is 77.0 Å². The van der Waals surface area contributed by atoms with Gasteiger partial charge in [0.25, 0.3) is 0 Å². The molecule has 0 spiro atoms. The van der Waals surface area contributed by atoms with Crippen molar-refractivity contribution in [1.29, 1.82) is 0 Å². The Morgan fingerprint density at radius 1 is 0.733 bits per heavy atom. The summed E-state index contributed by atoms with van der Waals surface area (Å²) < 4.78 is 171. The average Bonchev–Trinajstić information content (AvgIpc) is 2.52. The molecule has 0 saturated carbocycles. The predicted octanol–water partition coefficient (Wildman–Crippen LogP) is 6.00. The normalized spacial score (nSPS) is 15.3. The monoisotopic (exact) mass is 592 g/mol. The van der Waals surface area contributed by atoms with E-state index in [-0.39, 0.29) is 6.61 Å². The van der Waals surface area contributed by atoms with Gasteiger partial charge in [-0.15, -0.1) is 0 Å². The van der Waals surface area contributed by atoms with Crippen molar-refractivity contribution in [2.45, 2.75) is 70.9 Å². The fourth-order valence-electron chi connectivity index (χ4n) is 1.76. The second-order valence-electron chi connectivity index (χ2n) is 6.33. The number of hydrogen-bond donors (Lipinski definition) is 0. The number of esters is 1. The molecular formula is C14H15F13O2Te. The van der Waals surface area contributed by atoms with Gasteiger partial charge >= 0.3 is 171 Å². The van der Waals surface area contributed by atoms with E-state index in [4.69, 9.17) is 0 Å². The van der Waals surface area contributed by atoms with E-state index in [9.17, 15) is 61.9 Å². The quantitative estimate of drug-likeness (QED) is 0.178. The average molecular weight is 590 g/mol. The number of carbonyl (C=O) groups is 1. The molecule has 0 fully saturated rings. The summed E-state index contributed by atoms with van der Waals surface area (Å²) in [4.78, 5) is 11.6. The van der Waals surface area contributed by atoms with Crippen molar-refractivity contribution in [3.8, 4) is 0 Å². The van der Waals surface area contributed by atoms with Gasteiger partial charge in [-0.2, -0.15) is 0 Å². The van der Waals surface area contributed by atoms with Crippen LogP contribution in [-0.2, 0) is 9.53 Å². The molecule has 0 radical (unpaired) electrons. The Morgan fingerprint density at radius 2 is 1.13 bits per heavy atom. The van der Waals surface area contributed by atoms with E-state index in [0.29, 0.717) is 0 Å². The first-order valence-corrected chi connectivity index (χ1v) is 10.5. The molecule has 0 bridgehead atoms. The molecule has 0 unspecified atom stereocenters. The van der Waals surface area contributed by atoms with Gasteiger partial charge in [0, 0.05) is 0 Å². The van der Waals surface area contributed by atoms with Crippen LogP contribution in [0.3, 0.4) is 0 Å². The predicted molar refractivity (Wildman–Crippen MR) is 76.6 cm³/mol. The van der Waals surface area contributed by atoms with Crippen molar-refractivity contribution < 1.29 is 66.6 Å². The maximum atomic E-state index is 13.7. The summed E-state index contributed by atoms with van der Waals surface area (Å²) in [5.74, 6) is -37.7. The van der Waals surface area contributed by atoms with Crippen LogP contribution < -0.4 is 0 Å². The van der Waals surface area contributed by atoms with E-state index in [1.54, 1.807) is 0 Å². The summed E-state index contributed by atoms with van der Waals surface area (Å²) in [7, 11) is 0. The molecule has 30 heavy (non-hydrogen) atoms. The summed E-state index contributed by atoms with van der Waals surface area (Å²) in [5, 5.41) is 0. The molecule has 0 amide bonds. The molecule has 0 aliphatic heterocycles. The molecule has 0 aromatic carbocycles. The van der Waals surface area contributed by atoms with Gasteiger partial charge in [-0.3, -0.25) is 0 Å². The number of carbonyl (C=O) groups excluding carboxylic acids is 1. The Kier molecular flexibility index (Phi) is 8.52. The number of alkyl halides is 13. The number of hydrogen-bond acceptors (Lipinski definition) is 2. The van der Waals surface area contributed by atoms with Crippen LogP contribution in [-0.4, -0.2) is 69.3 Å². The third kappa shape index (κ3) is 5.05. The SMILES string of the molecule is CCOC(=O)C(C)(C)[Te]CCC(F)(F)C(F)(F)C(F)(F)C(F)(F)C(F)(F)C(F)(F)F. The first kappa shape index (κ1) is 29.3. The van der Waals surface area contributed by atoms with E-state index in [0.717, 1.165) is 13.8 Å². The molecule has 0 aromatic heterocycles. The zero-order chi connectivity index (χ0) is 24.6. The minimum atomic E-state index is -7.90. The van der Waals surface area contributed by atoms with Crippen LogP contribution >= 0.6 is 0 Å².